The van der Waals surface area contributed by atoms with Crippen LogP contribution in [-0.4, -0.2) is 19.0 Å². The highest BCUT2D eigenvalue weighted by atomic mass is 35.5. The Kier molecular flexibility index (Phi) is 4.76. The van der Waals surface area contributed by atoms with Crippen molar-refractivity contribution < 1.29 is 4.79 Å². The highest BCUT2D eigenvalue weighted by Gasteiger charge is 2.34. The molecule has 1 fully saturated rings. The molecule has 1 saturated heterocycles. The van der Waals surface area contributed by atoms with Crippen molar-refractivity contribution in [2.45, 2.75) is 12.5 Å². The van der Waals surface area contributed by atoms with Gasteiger partial charge in [0, 0.05) is 30.6 Å². The zero-order chi connectivity index (χ0) is 15.4. The number of nitrogens with one attached hydrogen (secondary N) is 2. The Balaban J connectivity index is 1.68. The van der Waals surface area contributed by atoms with E-state index in [0.29, 0.717) is 13.1 Å². The molecule has 2 atom stereocenters. The SMILES string of the molecule is O=C(NCc1ccccc1)[C@@H]1CNCC1c1ccccc1Cl. The molecule has 0 aromatic heterocycles. The van der Waals surface area contributed by atoms with E-state index in [2.05, 4.69) is 10.6 Å². The van der Waals surface area contributed by atoms with Crippen molar-refractivity contribution >= 4 is 17.5 Å². The third kappa shape index (κ3) is 3.32. The van der Waals surface area contributed by atoms with Gasteiger partial charge in [-0.3, -0.25) is 4.79 Å². The number of amides is 1. The van der Waals surface area contributed by atoms with Crippen LogP contribution in [0.4, 0.5) is 0 Å². The predicted molar refractivity (Wildman–Crippen MR) is 88.8 cm³/mol. The summed E-state index contributed by atoms with van der Waals surface area (Å²) >= 11 is 6.29. The summed E-state index contributed by atoms with van der Waals surface area (Å²) in [6.45, 7) is 2.04. The van der Waals surface area contributed by atoms with E-state index in [1.807, 2.05) is 54.6 Å². The largest absolute Gasteiger partial charge is 0.352 e. The minimum Gasteiger partial charge on any atom is -0.352 e. The van der Waals surface area contributed by atoms with Crippen molar-refractivity contribution in [3.63, 3.8) is 0 Å². The molecule has 22 heavy (non-hydrogen) atoms. The van der Waals surface area contributed by atoms with Gasteiger partial charge in [0.25, 0.3) is 0 Å². The number of carbonyl (C=O) groups is 1. The number of benzene rings is 2. The van der Waals surface area contributed by atoms with E-state index in [0.717, 1.165) is 22.7 Å². The maximum Gasteiger partial charge on any atom is 0.225 e. The van der Waals surface area contributed by atoms with Crippen LogP contribution in [-0.2, 0) is 11.3 Å². The number of hydrogen-bond donors (Lipinski definition) is 2. The second-order valence-electron chi connectivity index (χ2n) is 5.60. The molecule has 3 rings (SSSR count). The summed E-state index contributed by atoms with van der Waals surface area (Å²) in [5, 5.41) is 7.08. The quantitative estimate of drug-likeness (QED) is 0.911. The van der Waals surface area contributed by atoms with Crippen LogP contribution in [0.2, 0.25) is 5.02 Å². The molecule has 0 radical (unpaired) electrons. The summed E-state index contributed by atoms with van der Waals surface area (Å²) < 4.78 is 0. The van der Waals surface area contributed by atoms with E-state index < -0.39 is 0 Å². The first-order valence-corrected chi connectivity index (χ1v) is 7.90. The van der Waals surface area contributed by atoms with Gasteiger partial charge in [-0.15, -0.1) is 0 Å². The van der Waals surface area contributed by atoms with E-state index in [1.165, 1.54) is 0 Å². The molecule has 2 aromatic rings. The molecule has 1 unspecified atom stereocenters. The Hall–Kier alpha value is -1.84. The third-order valence-corrected chi connectivity index (χ3v) is 4.51. The molecular weight excluding hydrogens is 296 g/mol. The minimum absolute atomic E-state index is 0.0800. The average Bonchev–Trinajstić information content (AvgIpc) is 3.03. The van der Waals surface area contributed by atoms with Gasteiger partial charge in [-0.1, -0.05) is 60.1 Å². The van der Waals surface area contributed by atoms with Crippen LogP contribution in [0.1, 0.15) is 17.0 Å². The summed E-state index contributed by atoms with van der Waals surface area (Å²) in [7, 11) is 0. The number of hydrogen-bond acceptors (Lipinski definition) is 2. The van der Waals surface area contributed by atoms with E-state index in [1.54, 1.807) is 0 Å². The maximum atomic E-state index is 12.5. The lowest BCUT2D eigenvalue weighted by Gasteiger charge is -2.19. The zero-order valence-corrected chi connectivity index (χ0v) is 13.0. The van der Waals surface area contributed by atoms with E-state index in [4.69, 9.17) is 11.6 Å². The molecule has 3 nitrogen and oxygen atoms in total. The average molecular weight is 315 g/mol. The molecule has 2 N–H and O–H groups in total. The number of rotatable bonds is 4. The molecule has 4 heteroatoms. The van der Waals surface area contributed by atoms with Crippen molar-refractivity contribution in [2.75, 3.05) is 13.1 Å². The Labute approximate surface area is 135 Å². The normalized spacial score (nSPS) is 20.8. The van der Waals surface area contributed by atoms with Crippen molar-refractivity contribution in [3.8, 4) is 0 Å². The van der Waals surface area contributed by atoms with Gasteiger partial charge < -0.3 is 10.6 Å². The molecular formula is C18H19ClN2O. The molecule has 0 spiro atoms. The van der Waals surface area contributed by atoms with Crippen LogP contribution < -0.4 is 10.6 Å². The first-order valence-electron chi connectivity index (χ1n) is 7.52. The molecule has 0 aliphatic carbocycles. The van der Waals surface area contributed by atoms with Gasteiger partial charge in [-0.05, 0) is 17.2 Å². The zero-order valence-electron chi connectivity index (χ0n) is 12.3. The summed E-state index contributed by atoms with van der Waals surface area (Å²) in [5.41, 5.74) is 2.16. The van der Waals surface area contributed by atoms with Crippen LogP contribution >= 0.6 is 11.6 Å². The Bertz CT molecular complexity index is 645. The van der Waals surface area contributed by atoms with Gasteiger partial charge in [0.15, 0.2) is 0 Å². The topological polar surface area (TPSA) is 41.1 Å². The van der Waals surface area contributed by atoms with Crippen molar-refractivity contribution in [1.29, 1.82) is 0 Å². The fourth-order valence-corrected chi connectivity index (χ4v) is 3.25. The number of halogens is 1. The predicted octanol–water partition coefficient (Wildman–Crippen LogP) is 2.96. The molecule has 1 heterocycles. The van der Waals surface area contributed by atoms with Gasteiger partial charge in [0.2, 0.25) is 5.91 Å². The second kappa shape index (κ2) is 6.95. The molecule has 0 saturated carbocycles. The molecule has 2 aromatic carbocycles. The highest BCUT2D eigenvalue weighted by Crippen LogP contribution is 2.32. The lowest BCUT2D eigenvalue weighted by Crippen LogP contribution is -2.34. The lowest BCUT2D eigenvalue weighted by molar-refractivity contribution is -0.125. The van der Waals surface area contributed by atoms with Gasteiger partial charge in [-0.25, -0.2) is 0 Å². The van der Waals surface area contributed by atoms with Gasteiger partial charge in [0.1, 0.15) is 0 Å². The van der Waals surface area contributed by atoms with Crippen LogP contribution in [0.5, 0.6) is 0 Å². The summed E-state index contributed by atoms with van der Waals surface area (Å²) in [4.78, 5) is 12.5. The highest BCUT2D eigenvalue weighted by molar-refractivity contribution is 6.31. The first-order chi connectivity index (χ1) is 10.8. The second-order valence-corrected chi connectivity index (χ2v) is 6.00. The molecule has 1 amide bonds. The van der Waals surface area contributed by atoms with E-state index in [-0.39, 0.29) is 17.7 Å². The lowest BCUT2D eigenvalue weighted by atomic mass is 9.88. The Morgan fingerprint density at radius 3 is 2.59 bits per heavy atom. The number of carbonyl (C=O) groups excluding carboxylic acids is 1. The molecule has 114 valence electrons. The maximum absolute atomic E-state index is 12.5. The van der Waals surface area contributed by atoms with Crippen molar-refractivity contribution in [1.82, 2.24) is 10.6 Å². The van der Waals surface area contributed by atoms with Crippen molar-refractivity contribution in [2.24, 2.45) is 5.92 Å². The fraction of sp³-hybridized carbons (Fsp3) is 0.278. The third-order valence-electron chi connectivity index (χ3n) is 4.17. The molecule has 1 aliphatic heterocycles. The van der Waals surface area contributed by atoms with Gasteiger partial charge in [-0.2, -0.15) is 0 Å². The van der Waals surface area contributed by atoms with Gasteiger partial charge >= 0.3 is 0 Å². The van der Waals surface area contributed by atoms with E-state index >= 15 is 0 Å². The monoisotopic (exact) mass is 314 g/mol. The standard InChI is InChI=1S/C18H19ClN2O/c19-17-9-5-4-8-14(17)15-11-20-12-16(15)18(22)21-10-13-6-2-1-3-7-13/h1-9,15-16,20H,10-12H2,(H,21,22)/t15?,16-/m1/s1. The Morgan fingerprint density at radius 1 is 1.09 bits per heavy atom. The van der Waals surface area contributed by atoms with Crippen LogP contribution in [0, 0.1) is 5.92 Å². The summed E-state index contributed by atoms with van der Waals surface area (Å²) in [5.74, 6) is 0.131. The van der Waals surface area contributed by atoms with Crippen LogP contribution in [0.15, 0.2) is 54.6 Å². The smallest absolute Gasteiger partial charge is 0.225 e. The summed E-state index contributed by atoms with van der Waals surface area (Å²) in [6.07, 6.45) is 0. The van der Waals surface area contributed by atoms with Crippen molar-refractivity contribution in [3.05, 3.63) is 70.7 Å². The van der Waals surface area contributed by atoms with Crippen LogP contribution in [0.3, 0.4) is 0 Å². The Morgan fingerprint density at radius 2 is 1.82 bits per heavy atom. The van der Waals surface area contributed by atoms with Gasteiger partial charge in [0.05, 0.1) is 5.92 Å². The molecule has 0 bridgehead atoms. The summed E-state index contributed by atoms with van der Waals surface area (Å²) in [6, 6.07) is 17.7. The molecule has 1 aliphatic rings. The fourth-order valence-electron chi connectivity index (χ4n) is 2.97. The first kappa shape index (κ1) is 15.1. The van der Waals surface area contributed by atoms with Crippen LogP contribution in [0.25, 0.3) is 0 Å². The van der Waals surface area contributed by atoms with E-state index in [9.17, 15) is 4.79 Å². The minimum atomic E-state index is -0.0800.